The first kappa shape index (κ1) is 16.3. The van der Waals surface area contributed by atoms with Gasteiger partial charge in [-0.25, -0.2) is 4.98 Å². The summed E-state index contributed by atoms with van der Waals surface area (Å²) in [4.78, 5) is 16.0. The van der Waals surface area contributed by atoms with Crippen LogP contribution in [-0.2, 0) is 4.79 Å². The number of anilines is 1. The van der Waals surface area contributed by atoms with E-state index in [1.54, 1.807) is 0 Å². The second-order valence-corrected chi connectivity index (χ2v) is 7.43. The molecular formula is C13H23N3OS2. The van der Waals surface area contributed by atoms with Crippen LogP contribution in [0, 0.1) is 12.8 Å². The minimum atomic E-state index is 0.0765. The number of hydrogen-bond donors (Lipinski definition) is 2. The number of hydrogen-bond acceptors (Lipinski definition) is 5. The highest BCUT2D eigenvalue weighted by molar-refractivity contribution is 8.01. The minimum absolute atomic E-state index is 0.0765. The number of thioether (sulfide) groups is 1. The van der Waals surface area contributed by atoms with Crippen molar-refractivity contribution in [2.45, 2.75) is 50.8 Å². The Morgan fingerprint density at radius 1 is 1.42 bits per heavy atom. The van der Waals surface area contributed by atoms with Crippen molar-refractivity contribution in [1.29, 1.82) is 0 Å². The molecule has 1 amide bonds. The largest absolute Gasteiger partial charge is 0.375 e. The van der Waals surface area contributed by atoms with Crippen LogP contribution in [0.5, 0.6) is 0 Å². The summed E-state index contributed by atoms with van der Waals surface area (Å²) in [6.07, 6.45) is 2.17. The molecule has 0 saturated carbocycles. The van der Waals surface area contributed by atoms with Gasteiger partial charge in [0.1, 0.15) is 0 Å². The number of aromatic nitrogens is 1. The third kappa shape index (κ3) is 6.29. The number of nitrogens with two attached hydrogens (primary N) is 1. The fraction of sp³-hybridized carbons (Fsp3) is 0.692. The van der Waals surface area contributed by atoms with Crippen LogP contribution in [0.4, 0.5) is 5.13 Å². The molecule has 1 heterocycles. The summed E-state index contributed by atoms with van der Waals surface area (Å²) in [5.74, 6) is 1.18. The van der Waals surface area contributed by atoms with Gasteiger partial charge < -0.3 is 11.1 Å². The van der Waals surface area contributed by atoms with Gasteiger partial charge in [0.2, 0.25) is 5.91 Å². The Morgan fingerprint density at radius 2 is 2.11 bits per heavy atom. The van der Waals surface area contributed by atoms with Gasteiger partial charge >= 0.3 is 0 Å². The van der Waals surface area contributed by atoms with Gasteiger partial charge in [-0.05, 0) is 32.6 Å². The Labute approximate surface area is 123 Å². The summed E-state index contributed by atoms with van der Waals surface area (Å²) in [7, 11) is 0. The van der Waals surface area contributed by atoms with Crippen LogP contribution < -0.4 is 11.1 Å². The van der Waals surface area contributed by atoms with E-state index < -0.39 is 0 Å². The topological polar surface area (TPSA) is 68.0 Å². The van der Waals surface area contributed by atoms with E-state index in [-0.39, 0.29) is 11.9 Å². The fourth-order valence-electron chi connectivity index (χ4n) is 1.64. The van der Waals surface area contributed by atoms with Crippen LogP contribution in [-0.4, -0.2) is 22.7 Å². The Kier molecular flexibility index (Phi) is 6.65. The van der Waals surface area contributed by atoms with Crippen molar-refractivity contribution >= 4 is 34.1 Å². The molecular weight excluding hydrogens is 278 g/mol. The summed E-state index contributed by atoms with van der Waals surface area (Å²) >= 11 is 2.95. The highest BCUT2D eigenvalue weighted by atomic mass is 32.2. The van der Waals surface area contributed by atoms with E-state index in [1.165, 1.54) is 23.1 Å². The Hall–Kier alpha value is -0.750. The number of thiazole rings is 1. The maximum absolute atomic E-state index is 11.8. The lowest BCUT2D eigenvalue weighted by Gasteiger charge is -2.14. The zero-order valence-electron chi connectivity index (χ0n) is 12.0. The maximum Gasteiger partial charge on any atom is 0.230 e. The van der Waals surface area contributed by atoms with Gasteiger partial charge in [0.15, 0.2) is 5.13 Å². The fourth-order valence-corrected chi connectivity index (χ4v) is 3.47. The van der Waals surface area contributed by atoms with Gasteiger partial charge in [0.25, 0.3) is 0 Å². The van der Waals surface area contributed by atoms with E-state index in [0.29, 0.717) is 16.8 Å². The second kappa shape index (κ2) is 7.75. The first-order valence-corrected chi connectivity index (χ1v) is 8.33. The predicted molar refractivity (Wildman–Crippen MR) is 83.7 cm³/mol. The van der Waals surface area contributed by atoms with Gasteiger partial charge in [0, 0.05) is 6.04 Å². The Balaban J connectivity index is 2.29. The normalized spacial score (nSPS) is 12.7. The minimum Gasteiger partial charge on any atom is -0.375 e. The molecule has 1 aromatic rings. The molecule has 4 nitrogen and oxygen atoms in total. The third-order valence-electron chi connectivity index (χ3n) is 2.69. The SMILES string of the molecule is Cc1nc(N)sc1SCC(=O)NC(C)CCC(C)C. The molecule has 0 bridgehead atoms. The van der Waals surface area contributed by atoms with Crippen molar-refractivity contribution in [3.63, 3.8) is 0 Å². The summed E-state index contributed by atoms with van der Waals surface area (Å²) in [5, 5.41) is 3.59. The van der Waals surface area contributed by atoms with E-state index >= 15 is 0 Å². The molecule has 0 aliphatic heterocycles. The molecule has 0 aromatic carbocycles. The Morgan fingerprint density at radius 3 is 2.63 bits per heavy atom. The average Bonchev–Trinajstić information content (AvgIpc) is 2.62. The van der Waals surface area contributed by atoms with Gasteiger partial charge in [0.05, 0.1) is 15.7 Å². The molecule has 1 atom stereocenters. The number of amides is 1. The van der Waals surface area contributed by atoms with Crippen LogP contribution in [0.2, 0.25) is 0 Å². The predicted octanol–water partition coefficient (Wildman–Crippen LogP) is 3.07. The van der Waals surface area contributed by atoms with Crippen molar-refractivity contribution in [2.75, 3.05) is 11.5 Å². The number of nitrogens with zero attached hydrogens (tertiary/aromatic N) is 1. The lowest BCUT2D eigenvalue weighted by atomic mass is 10.0. The number of aryl methyl sites for hydroxylation is 1. The number of nitrogen functional groups attached to an aromatic ring is 1. The maximum atomic E-state index is 11.8. The average molecular weight is 301 g/mol. The van der Waals surface area contributed by atoms with Crippen molar-refractivity contribution in [3.05, 3.63) is 5.69 Å². The lowest BCUT2D eigenvalue weighted by molar-refractivity contribution is -0.119. The molecule has 0 spiro atoms. The van der Waals surface area contributed by atoms with Crippen molar-refractivity contribution in [2.24, 2.45) is 5.92 Å². The first-order valence-electron chi connectivity index (χ1n) is 6.53. The smallest absolute Gasteiger partial charge is 0.230 e. The molecule has 1 rings (SSSR count). The van der Waals surface area contributed by atoms with Crippen LogP contribution in [0.15, 0.2) is 4.21 Å². The quantitative estimate of drug-likeness (QED) is 0.760. The van der Waals surface area contributed by atoms with Crippen LogP contribution in [0.3, 0.4) is 0 Å². The molecule has 19 heavy (non-hydrogen) atoms. The number of rotatable bonds is 7. The van der Waals surface area contributed by atoms with Crippen LogP contribution >= 0.6 is 23.1 Å². The Bertz CT molecular complexity index is 418. The molecule has 1 unspecified atom stereocenters. The molecule has 0 fully saturated rings. The number of nitrogens with one attached hydrogen (secondary N) is 1. The van der Waals surface area contributed by atoms with Gasteiger partial charge in [-0.3, -0.25) is 4.79 Å². The van der Waals surface area contributed by atoms with E-state index in [4.69, 9.17) is 5.73 Å². The van der Waals surface area contributed by atoms with E-state index in [0.717, 1.165) is 22.7 Å². The van der Waals surface area contributed by atoms with E-state index in [2.05, 4.69) is 31.1 Å². The van der Waals surface area contributed by atoms with Crippen molar-refractivity contribution in [3.8, 4) is 0 Å². The summed E-state index contributed by atoms with van der Waals surface area (Å²) in [5.41, 5.74) is 6.54. The van der Waals surface area contributed by atoms with E-state index in [9.17, 15) is 4.79 Å². The first-order chi connectivity index (χ1) is 8.88. The zero-order valence-corrected chi connectivity index (χ0v) is 13.7. The second-order valence-electron chi connectivity index (χ2n) is 5.15. The highest BCUT2D eigenvalue weighted by Gasteiger charge is 2.11. The van der Waals surface area contributed by atoms with Gasteiger partial charge in [-0.2, -0.15) is 0 Å². The molecule has 0 aliphatic carbocycles. The molecule has 1 aromatic heterocycles. The monoisotopic (exact) mass is 301 g/mol. The summed E-state index contributed by atoms with van der Waals surface area (Å²) in [6.45, 7) is 8.36. The van der Waals surface area contributed by atoms with Crippen LogP contribution in [0.25, 0.3) is 0 Å². The highest BCUT2D eigenvalue weighted by Crippen LogP contribution is 2.30. The molecule has 0 saturated heterocycles. The lowest BCUT2D eigenvalue weighted by Crippen LogP contribution is -2.33. The molecule has 6 heteroatoms. The van der Waals surface area contributed by atoms with Crippen molar-refractivity contribution in [1.82, 2.24) is 10.3 Å². The summed E-state index contributed by atoms with van der Waals surface area (Å²) in [6, 6.07) is 0.239. The van der Waals surface area contributed by atoms with E-state index in [1.807, 2.05) is 6.92 Å². The van der Waals surface area contributed by atoms with Crippen LogP contribution in [0.1, 0.15) is 39.3 Å². The number of carbonyl (C=O) groups excluding carboxylic acids is 1. The standard InChI is InChI=1S/C13H23N3OS2/c1-8(2)5-6-9(3)15-11(17)7-18-12-10(4)16-13(14)19-12/h8-9H,5-7H2,1-4H3,(H2,14,16)(H,15,17). The molecule has 0 radical (unpaired) electrons. The zero-order chi connectivity index (χ0) is 14.4. The summed E-state index contributed by atoms with van der Waals surface area (Å²) < 4.78 is 1.03. The number of carbonyl (C=O) groups is 1. The van der Waals surface area contributed by atoms with Gasteiger partial charge in [-0.15, -0.1) is 11.8 Å². The molecule has 3 N–H and O–H groups in total. The van der Waals surface area contributed by atoms with Gasteiger partial charge in [-0.1, -0.05) is 25.2 Å². The molecule has 108 valence electrons. The third-order valence-corrected chi connectivity index (χ3v) is 5.04. The molecule has 0 aliphatic rings. The van der Waals surface area contributed by atoms with Crippen molar-refractivity contribution < 1.29 is 4.79 Å².